The number of para-hydroxylation sites is 1. The molecular formula is C26H23ClN2O2. The quantitative estimate of drug-likeness (QED) is 0.391. The van der Waals surface area contributed by atoms with Crippen molar-refractivity contribution in [1.82, 2.24) is 4.90 Å². The first kappa shape index (κ1) is 19.9. The number of carbonyl (C=O) groups excluding carboxylic acids is 1. The zero-order valence-corrected chi connectivity index (χ0v) is 17.8. The van der Waals surface area contributed by atoms with E-state index in [1.54, 1.807) is 0 Å². The lowest BCUT2D eigenvalue weighted by atomic mass is 10.0. The number of fused-ring (bicyclic) bond motifs is 1. The van der Waals surface area contributed by atoms with Gasteiger partial charge < -0.3 is 9.73 Å². The van der Waals surface area contributed by atoms with Gasteiger partial charge in [0.1, 0.15) is 11.3 Å². The van der Waals surface area contributed by atoms with Crippen LogP contribution in [-0.4, -0.2) is 23.9 Å². The fourth-order valence-electron chi connectivity index (χ4n) is 4.33. The van der Waals surface area contributed by atoms with E-state index in [4.69, 9.17) is 16.0 Å². The minimum absolute atomic E-state index is 0.0989. The van der Waals surface area contributed by atoms with Gasteiger partial charge in [-0.05, 0) is 67.9 Å². The smallest absolute Gasteiger partial charge is 0.255 e. The molecule has 0 saturated carbocycles. The molecule has 0 bridgehead atoms. The van der Waals surface area contributed by atoms with Crippen LogP contribution in [-0.2, 0) is 0 Å². The largest absolute Gasteiger partial charge is 0.457 e. The third kappa shape index (κ3) is 3.97. The summed E-state index contributed by atoms with van der Waals surface area (Å²) in [6.45, 7) is 1.97. The number of rotatable bonds is 5. The highest BCUT2D eigenvalue weighted by Gasteiger charge is 2.32. The van der Waals surface area contributed by atoms with Gasteiger partial charge in [-0.3, -0.25) is 9.69 Å². The Morgan fingerprint density at radius 1 is 0.903 bits per heavy atom. The van der Waals surface area contributed by atoms with Gasteiger partial charge in [0.05, 0.1) is 11.7 Å². The van der Waals surface area contributed by atoms with Gasteiger partial charge in [0.25, 0.3) is 5.91 Å². The van der Waals surface area contributed by atoms with E-state index >= 15 is 0 Å². The fourth-order valence-corrected chi connectivity index (χ4v) is 4.46. The Labute approximate surface area is 186 Å². The molecule has 5 heteroatoms. The Bertz CT molecular complexity index is 1200. The van der Waals surface area contributed by atoms with Crippen molar-refractivity contribution >= 4 is 34.2 Å². The maximum Gasteiger partial charge on any atom is 0.255 e. The summed E-state index contributed by atoms with van der Waals surface area (Å²) >= 11 is 6.16. The van der Waals surface area contributed by atoms with Crippen LogP contribution in [0.3, 0.4) is 0 Å². The first-order chi connectivity index (χ1) is 15.2. The number of nitrogens with one attached hydrogen (secondary N) is 1. The molecule has 156 valence electrons. The Balaban J connectivity index is 1.64. The highest BCUT2D eigenvalue weighted by Crippen LogP contribution is 2.41. The lowest BCUT2D eigenvalue weighted by molar-refractivity contribution is 0.102. The zero-order chi connectivity index (χ0) is 21.2. The molecule has 1 amide bonds. The minimum atomic E-state index is -0.148. The molecule has 1 aromatic heterocycles. The normalized spacial score (nSPS) is 15.3. The van der Waals surface area contributed by atoms with Crippen LogP contribution in [0.1, 0.15) is 40.6 Å². The van der Waals surface area contributed by atoms with Gasteiger partial charge in [-0.2, -0.15) is 0 Å². The Hall–Kier alpha value is -3.08. The van der Waals surface area contributed by atoms with Crippen LogP contribution >= 0.6 is 11.6 Å². The van der Waals surface area contributed by atoms with E-state index in [1.807, 2.05) is 78.9 Å². The second kappa shape index (κ2) is 8.58. The number of anilines is 1. The molecule has 1 aliphatic heterocycles. The fraction of sp³-hybridized carbons (Fsp3) is 0.192. The Morgan fingerprint density at radius 3 is 2.32 bits per heavy atom. The van der Waals surface area contributed by atoms with Gasteiger partial charge in [-0.1, -0.05) is 54.1 Å². The molecule has 0 radical (unpaired) electrons. The first-order valence-corrected chi connectivity index (χ1v) is 11.0. The molecule has 0 spiro atoms. The van der Waals surface area contributed by atoms with Gasteiger partial charge in [0, 0.05) is 16.0 Å². The molecule has 1 atom stereocenters. The number of nitrogens with zero attached hydrogens (tertiary/aromatic N) is 1. The predicted molar refractivity (Wildman–Crippen MR) is 125 cm³/mol. The van der Waals surface area contributed by atoms with Gasteiger partial charge in [0.15, 0.2) is 0 Å². The molecule has 1 unspecified atom stereocenters. The van der Waals surface area contributed by atoms with Crippen molar-refractivity contribution in [2.45, 2.75) is 18.9 Å². The molecule has 4 nitrogen and oxygen atoms in total. The number of halogens is 1. The van der Waals surface area contributed by atoms with E-state index < -0.39 is 0 Å². The van der Waals surface area contributed by atoms with Crippen LogP contribution in [0.4, 0.5) is 5.69 Å². The highest BCUT2D eigenvalue weighted by atomic mass is 35.5. The van der Waals surface area contributed by atoms with Crippen LogP contribution in [0.5, 0.6) is 0 Å². The van der Waals surface area contributed by atoms with Crippen LogP contribution in [0.15, 0.2) is 83.3 Å². The number of benzene rings is 3. The standard InChI is InChI=1S/C26H23ClN2O2/c27-20-14-12-18(13-15-20)24(29-16-6-7-17-29)25-23(21-10-4-5-11-22(21)31-25)28-26(30)19-8-2-1-3-9-19/h1-5,8-15,24H,6-7,16-17H2,(H,28,30). The molecule has 2 heterocycles. The maximum absolute atomic E-state index is 13.0. The second-order valence-corrected chi connectivity index (χ2v) is 8.29. The summed E-state index contributed by atoms with van der Waals surface area (Å²) in [5.41, 5.74) is 3.21. The number of carbonyl (C=O) groups is 1. The average molecular weight is 431 g/mol. The van der Waals surface area contributed by atoms with Crippen LogP contribution in [0, 0.1) is 0 Å². The van der Waals surface area contributed by atoms with E-state index in [9.17, 15) is 4.79 Å². The third-order valence-electron chi connectivity index (χ3n) is 5.84. The van der Waals surface area contributed by atoms with Gasteiger partial charge >= 0.3 is 0 Å². The number of hydrogen-bond donors (Lipinski definition) is 1. The van der Waals surface area contributed by atoms with Crippen molar-refractivity contribution in [2.75, 3.05) is 18.4 Å². The van der Waals surface area contributed by atoms with Crippen molar-refractivity contribution in [3.63, 3.8) is 0 Å². The van der Waals surface area contributed by atoms with Crippen molar-refractivity contribution in [1.29, 1.82) is 0 Å². The maximum atomic E-state index is 13.0. The molecule has 3 aromatic carbocycles. The summed E-state index contributed by atoms with van der Waals surface area (Å²) in [6.07, 6.45) is 2.30. The van der Waals surface area contributed by atoms with E-state index in [0.717, 1.165) is 53.9 Å². The molecule has 1 aliphatic rings. The number of hydrogen-bond acceptors (Lipinski definition) is 3. The highest BCUT2D eigenvalue weighted by molar-refractivity contribution is 6.30. The molecule has 1 fully saturated rings. The lowest BCUT2D eigenvalue weighted by Crippen LogP contribution is -2.27. The van der Waals surface area contributed by atoms with Crippen molar-refractivity contribution in [3.05, 3.63) is 101 Å². The minimum Gasteiger partial charge on any atom is -0.457 e. The third-order valence-corrected chi connectivity index (χ3v) is 6.09. The molecular weight excluding hydrogens is 408 g/mol. The summed E-state index contributed by atoms with van der Waals surface area (Å²) < 4.78 is 6.41. The van der Waals surface area contributed by atoms with Crippen LogP contribution in [0.25, 0.3) is 11.0 Å². The van der Waals surface area contributed by atoms with Crippen molar-refractivity contribution in [3.8, 4) is 0 Å². The monoisotopic (exact) mass is 430 g/mol. The first-order valence-electron chi connectivity index (χ1n) is 10.6. The molecule has 1 saturated heterocycles. The summed E-state index contributed by atoms with van der Waals surface area (Å²) in [6, 6.07) is 24.9. The summed E-state index contributed by atoms with van der Waals surface area (Å²) in [5, 5.41) is 4.75. The van der Waals surface area contributed by atoms with Crippen LogP contribution in [0.2, 0.25) is 5.02 Å². The summed E-state index contributed by atoms with van der Waals surface area (Å²) in [5.74, 6) is 0.611. The Kier molecular flexibility index (Phi) is 5.49. The van der Waals surface area contributed by atoms with E-state index in [2.05, 4.69) is 10.2 Å². The average Bonchev–Trinajstić information content (AvgIpc) is 3.45. The molecule has 4 aromatic rings. The molecule has 5 rings (SSSR count). The lowest BCUT2D eigenvalue weighted by Gasteiger charge is -2.27. The van der Waals surface area contributed by atoms with E-state index in [0.29, 0.717) is 10.6 Å². The van der Waals surface area contributed by atoms with Gasteiger partial charge in [-0.15, -0.1) is 0 Å². The van der Waals surface area contributed by atoms with E-state index in [1.165, 1.54) is 0 Å². The zero-order valence-electron chi connectivity index (χ0n) is 17.1. The topological polar surface area (TPSA) is 45.5 Å². The number of likely N-dealkylation sites (tertiary alicyclic amines) is 1. The number of amides is 1. The van der Waals surface area contributed by atoms with Crippen molar-refractivity contribution < 1.29 is 9.21 Å². The van der Waals surface area contributed by atoms with Gasteiger partial charge in [0.2, 0.25) is 0 Å². The second-order valence-electron chi connectivity index (χ2n) is 7.85. The van der Waals surface area contributed by atoms with E-state index in [-0.39, 0.29) is 11.9 Å². The summed E-state index contributed by atoms with van der Waals surface area (Å²) in [7, 11) is 0. The predicted octanol–water partition coefficient (Wildman–Crippen LogP) is 6.52. The van der Waals surface area contributed by atoms with Gasteiger partial charge in [-0.25, -0.2) is 0 Å². The molecule has 1 N–H and O–H groups in total. The van der Waals surface area contributed by atoms with Crippen LogP contribution < -0.4 is 5.32 Å². The molecule has 0 aliphatic carbocycles. The SMILES string of the molecule is O=C(Nc1c(C(c2ccc(Cl)cc2)N2CCCC2)oc2ccccc12)c1ccccc1. The molecule has 31 heavy (non-hydrogen) atoms. The Morgan fingerprint density at radius 2 is 1.58 bits per heavy atom. The van der Waals surface area contributed by atoms with Crippen molar-refractivity contribution in [2.24, 2.45) is 0 Å². The number of furan rings is 1. The summed E-state index contributed by atoms with van der Waals surface area (Å²) in [4.78, 5) is 15.5.